The molecule has 2 heterocycles. The largest absolute Gasteiger partial charge is 0.468 e. The number of hydrogen-bond donors (Lipinski definition) is 2. The lowest BCUT2D eigenvalue weighted by molar-refractivity contribution is -0.143. The zero-order valence-corrected chi connectivity index (χ0v) is 16.2. The topological polar surface area (TPSA) is 140 Å². The standard InChI is InChI=1S/C17H17FN4O6S/c1-7(23)12(19)11-6-22(17(26)28-11)8-3-4-9(10(18)5-8)15-21-20-14(24)13(29-15)16(25)27-2/h3-5,11-13H,6,19H2,1-2H3,(H,20,24)/t11?,12-,13?/m1/s1. The van der Waals surface area contributed by atoms with Crippen molar-refractivity contribution in [1.29, 1.82) is 0 Å². The fourth-order valence-corrected chi connectivity index (χ4v) is 3.70. The summed E-state index contributed by atoms with van der Waals surface area (Å²) in [6.07, 6.45) is -1.58. The fourth-order valence-electron chi connectivity index (χ4n) is 2.73. The van der Waals surface area contributed by atoms with E-state index in [9.17, 15) is 23.6 Å². The number of esters is 1. The van der Waals surface area contributed by atoms with Crippen molar-refractivity contribution < 1.29 is 33.0 Å². The number of halogens is 1. The minimum atomic E-state index is -1.21. The van der Waals surface area contributed by atoms with Crippen molar-refractivity contribution in [3.05, 3.63) is 29.6 Å². The van der Waals surface area contributed by atoms with Gasteiger partial charge in [0.2, 0.25) is 0 Å². The van der Waals surface area contributed by atoms with Gasteiger partial charge in [-0.3, -0.25) is 19.3 Å². The second-order valence-corrected chi connectivity index (χ2v) is 7.34. The summed E-state index contributed by atoms with van der Waals surface area (Å²) in [5.74, 6) is -2.53. The molecule has 0 aliphatic carbocycles. The van der Waals surface area contributed by atoms with Gasteiger partial charge in [0.1, 0.15) is 28.8 Å². The minimum absolute atomic E-state index is 0.00542. The van der Waals surface area contributed by atoms with E-state index in [4.69, 9.17) is 10.5 Å². The normalized spacial score (nSPS) is 22.5. The molecular weight excluding hydrogens is 407 g/mol. The first-order chi connectivity index (χ1) is 13.7. The first kappa shape index (κ1) is 20.7. The number of Topliss-reactive ketones (excluding diaryl/α,β-unsaturated/α-hetero) is 1. The number of carbonyl (C=O) groups is 4. The number of rotatable bonds is 5. The predicted octanol–water partition coefficient (Wildman–Crippen LogP) is 0.133. The van der Waals surface area contributed by atoms with Crippen molar-refractivity contribution in [1.82, 2.24) is 5.43 Å². The maximum absolute atomic E-state index is 14.7. The molecule has 1 aromatic rings. The molecule has 3 atom stereocenters. The third-order valence-corrected chi connectivity index (χ3v) is 5.53. The summed E-state index contributed by atoms with van der Waals surface area (Å²) in [6.45, 7) is 1.28. The quantitative estimate of drug-likeness (QED) is 0.502. The van der Waals surface area contributed by atoms with Crippen molar-refractivity contribution in [2.75, 3.05) is 18.6 Å². The fraction of sp³-hybridized carbons (Fsp3) is 0.353. The molecule has 0 spiro atoms. The zero-order valence-electron chi connectivity index (χ0n) is 15.4. The van der Waals surface area contributed by atoms with Crippen LogP contribution in [-0.4, -0.2) is 59.8 Å². The van der Waals surface area contributed by atoms with Crippen LogP contribution in [0.3, 0.4) is 0 Å². The van der Waals surface area contributed by atoms with Crippen LogP contribution in [0.5, 0.6) is 0 Å². The molecule has 154 valence electrons. The van der Waals surface area contributed by atoms with E-state index >= 15 is 0 Å². The molecule has 2 aliphatic heterocycles. The van der Waals surface area contributed by atoms with Gasteiger partial charge < -0.3 is 15.2 Å². The highest BCUT2D eigenvalue weighted by molar-refractivity contribution is 8.16. The average molecular weight is 424 g/mol. The molecule has 1 saturated heterocycles. The number of nitrogens with one attached hydrogen (secondary N) is 1. The molecule has 12 heteroatoms. The van der Waals surface area contributed by atoms with Gasteiger partial charge in [-0.05, 0) is 25.1 Å². The molecule has 29 heavy (non-hydrogen) atoms. The summed E-state index contributed by atoms with van der Waals surface area (Å²) < 4.78 is 24.4. The Balaban J connectivity index is 1.81. The number of anilines is 1. The maximum atomic E-state index is 14.7. The van der Waals surface area contributed by atoms with Crippen LogP contribution in [0.25, 0.3) is 0 Å². The molecule has 1 aromatic carbocycles. The molecule has 0 aromatic heterocycles. The van der Waals surface area contributed by atoms with Crippen LogP contribution in [0.1, 0.15) is 12.5 Å². The van der Waals surface area contributed by atoms with Gasteiger partial charge in [0.25, 0.3) is 5.91 Å². The molecular formula is C17H17FN4O6S. The molecule has 0 radical (unpaired) electrons. The molecule has 10 nitrogen and oxygen atoms in total. The molecule has 1 fully saturated rings. The minimum Gasteiger partial charge on any atom is -0.468 e. The first-order valence-electron chi connectivity index (χ1n) is 8.39. The van der Waals surface area contributed by atoms with E-state index in [0.29, 0.717) is 0 Å². The number of benzene rings is 1. The summed E-state index contributed by atoms with van der Waals surface area (Å²) in [6, 6.07) is 2.92. The highest BCUT2D eigenvalue weighted by Crippen LogP contribution is 2.29. The number of carbonyl (C=O) groups excluding carboxylic acids is 4. The van der Waals surface area contributed by atoms with Gasteiger partial charge in [0.15, 0.2) is 5.25 Å². The first-order valence-corrected chi connectivity index (χ1v) is 9.27. The maximum Gasteiger partial charge on any atom is 0.414 e. The van der Waals surface area contributed by atoms with Gasteiger partial charge >= 0.3 is 12.1 Å². The number of nitrogens with two attached hydrogens (primary N) is 1. The van der Waals surface area contributed by atoms with Crippen molar-refractivity contribution >= 4 is 46.2 Å². The smallest absolute Gasteiger partial charge is 0.414 e. The van der Waals surface area contributed by atoms with Gasteiger partial charge in [-0.2, -0.15) is 5.10 Å². The summed E-state index contributed by atoms with van der Waals surface area (Å²) in [5, 5.41) is 2.64. The lowest BCUT2D eigenvalue weighted by Crippen LogP contribution is -2.43. The Bertz CT molecular complexity index is 923. The van der Waals surface area contributed by atoms with E-state index in [0.717, 1.165) is 29.8 Å². The van der Waals surface area contributed by atoms with Crippen LogP contribution in [-0.2, 0) is 23.9 Å². The molecule has 0 bridgehead atoms. The van der Waals surface area contributed by atoms with E-state index < -0.39 is 41.2 Å². The second-order valence-electron chi connectivity index (χ2n) is 6.25. The van der Waals surface area contributed by atoms with E-state index in [1.807, 2.05) is 0 Å². The van der Waals surface area contributed by atoms with Crippen LogP contribution in [0.2, 0.25) is 0 Å². The van der Waals surface area contributed by atoms with Gasteiger partial charge in [0.05, 0.1) is 19.3 Å². The van der Waals surface area contributed by atoms with Crippen molar-refractivity contribution in [2.45, 2.75) is 24.3 Å². The molecule has 2 unspecified atom stereocenters. The predicted molar refractivity (Wildman–Crippen MR) is 101 cm³/mol. The lowest BCUT2D eigenvalue weighted by Gasteiger charge is -2.20. The molecule has 3 rings (SSSR count). The van der Waals surface area contributed by atoms with Gasteiger partial charge in [-0.25, -0.2) is 14.6 Å². The Morgan fingerprint density at radius 2 is 2.17 bits per heavy atom. The zero-order chi connectivity index (χ0) is 21.3. The Morgan fingerprint density at radius 3 is 2.79 bits per heavy atom. The van der Waals surface area contributed by atoms with Crippen LogP contribution in [0.4, 0.5) is 14.9 Å². The molecule has 3 N–H and O–H groups in total. The van der Waals surface area contributed by atoms with Crippen LogP contribution in [0.15, 0.2) is 23.3 Å². The number of thioether (sulfide) groups is 1. The van der Waals surface area contributed by atoms with Gasteiger partial charge in [-0.15, -0.1) is 0 Å². The van der Waals surface area contributed by atoms with Crippen LogP contribution in [0, 0.1) is 5.82 Å². The number of ether oxygens (including phenoxy) is 2. The number of hydrogen-bond acceptors (Lipinski definition) is 9. The highest BCUT2D eigenvalue weighted by Gasteiger charge is 2.38. The number of ketones is 1. The van der Waals surface area contributed by atoms with E-state index in [1.165, 1.54) is 19.1 Å². The number of cyclic esters (lactones) is 1. The number of nitrogens with zero attached hydrogens (tertiary/aromatic N) is 2. The van der Waals surface area contributed by atoms with Crippen LogP contribution >= 0.6 is 11.8 Å². The monoisotopic (exact) mass is 424 g/mol. The Kier molecular flexibility index (Phi) is 5.84. The van der Waals surface area contributed by atoms with Crippen molar-refractivity contribution in [2.24, 2.45) is 10.8 Å². The van der Waals surface area contributed by atoms with Crippen molar-refractivity contribution in [3.8, 4) is 0 Å². The Labute approximate surface area is 168 Å². The van der Waals surface area contributed by atoms with Gasteiger partial charge in [0, 0.05) is 5.56 Å². The number of amides is 2. The van der Waals surface area contributed by atoms with E-state index in [1.54, 1.807) is 0 Å². The van der Waals surface area contributed by atoms with Crippen molar-refractivity contribution in [3.63, 3.8) is 0 Å². The van der Waals surface area contributed by atoms with Gasteiger partial charge in [-0.1, -0.05) is 11.8 Å². The molecule has 0 saturated carbocycles. The summed E-state index contributed by atoms with van der Waals surface area (Å²) >= 11 is 0.750. The van der Waals surface area contributed by atoms with Crippen LogP contribution < -0.4 is 16.1 Å². The summed E-state index contributed by atoms with van der Waals surface area (Å²) in [4.78, 5) is 48.1. The Morgan fingerprint density at radius 1 is 1.45 bits per heavy atom. The SMILES string of the molecule is COC(=O)C1SC(c2ccc(N3CC([C@H](N)C(C)=O)OC3=O)cc2F)=NNC1=O. The summed E-state index contributed by atoms with van der Waals surface area (Å²) in [7, 11) is 1.14. The number of hydrazone groups is 1. The van der Waals surface area contributed by atoms with E-state index in [-0.39, 0.29) is 28.6 Å². The second kappa shape index (κ2) is 8.17. The molecule has 2 aliphatic rings. The third kappa shape index (κ3) is 4.07. The third-order valence-electron chi connectivity index (χ3n) is 4.35. The molecule has 2 amide bonds. The highest BCUT2D eigenvalue weighted by atomic mass is 32.2. The lowest BCUT2D eigenvalue weighted by atomic mass is 10.1. The number of methoxy groups -OCH3 is 1. The average Bonchev–Trinajstić information content (AvgIpc) is 3.08. The Hall–Kier alpha value is -2.99. The van der Waals surface area contributed by atoms with E-state index in [2.05, 4.69) is 15.3 Å². The summed E-state index contributed by atoms with van der Waals surface area (Å²) in [5.41, 5.74) is 8.10.